The second kappa shape index (κ2) is 6.19. The molecule has 1 rings (SSSR count). The van der Waals surface area contributed by atoms with Crippen LogP contribution in [0.2, 0.25) is 0 Å². The maximum absolute atomic E-state index is 5.89. The summed E-state index contributed by atoms with van der Waals surface area (Å²) < 4.78 is 2.17. The van der Waals surface area contributed by atoms with Crippen molar-refractivity contribution in [2.24, 2.45) is 5.73 Å². The molecule has 0 bridgehead atoms. The Bertz CT molecular complexity index is 268. The van der Waals surface area contributed by atoms with Crippen molar-refractivity contribution in [3.05, 3.63) is 31.9 Å². The summed E-state index contributed by atoms with van der Waals surface area (Å²) in [6.45, 7) is 3.66. The van der Waals surface area contributed by atoms with Gasteiger partial charge in [0.25, 0.3) is 0 Å². The Morgan fingerprint density at radius 1 is 1.62 bits per heavy atom. The van der Waals surface area contributed by atoms with Crippen molar-refractivity contribution in [1.82, 2.24) is 0 Å². The summed E-state index contributed by atoms with van der Waals surface area (Å²) in [5.41, 5.74) is 5.89. The van der Waals surface area contributed by atoms with Crippen molar-refractivity contribution >= 4 is 55.6 Å². The third-order valence-electron chi connectivity index (χ3n) is 1.45. The van der Waals surface area contributed by atoms with Gasteiger partial charge in [0.05, 0.1) is 3.79 Å². The fourth-order valence-electron chi connectivity index (χ4n) is 0.842. The van der Waals surface area contributed by atoms with Crippen LogP contribution in [0.3, 0.4) is 0 Å². The molecule has 0 unspecified atom stereocenters. The molecule has 0 aliphatic carbocycles. The van der Waals surface area contributed by atoms with Crippen LogP contribution in [-0.4, -0.2) is 0 Å². The highest BCUT2D eigenvalue weighted by Gasteiger charge is 2.09. The van der Waals surface area contributed by atoms with Crippen LogP contribution in [0.15, 0.2) is 27.0 Å². The first-order chi connectivity index (χ1) is 5.65. The molecule has 0 aliphatic heterocycles. The number of nitrogens with two attached hydrogens (primary N) is 1. The number of thiophene rings is 1. The third-order valence-corrected chi connectivity index (χ3v) is 4.84. The van der Waals surface area contributed by atoms with Crippen molar-refractivity contribution in [3.63, 3.8) is 0 Å². The van der Waals surface area contributed by atoms with Gasteiger partial charge < -0.3 is 5.73 Å². The lowest BCUT2D eigenvalue weighted by molar-refractivity contribution is 0.757. The van der Waals surface area contributed by atoms with E-state index in [2.05, 4.69) is 38.4 Å². The first-order valence-corrected chi connectivity index (χ1v) is 5.86. The van der Waals surface area contributed by atoms with Crippen LogP contribution in [0.4, 0.5) is 0 Å². The molecule has 0 fully saturated rings. The highest BCUT2D eigenvalue weighted by molar-refractivity contribution is 9.13. The van der Waals surface area contributed by atoms with E-state index in [1.54, 1.807) is 11.3 Å². The topological polar surface area (TPSA) is 26.0 Å². The molecule has 74 valence electrons. The lowest BCUT2D eigenvalue weighted by Gasteiger charge is -2.03. The summed E-state index contributed by atoms with van der Waals surface area (Å²) in [4.78, 5) is 1.17. The fourth-order valence-corrected chi connectivity index (χ4v) is 2.95. The van der Waals surface area contributed by atoms with Gasteiger partial charge in [-0.15, -0.1) is 30.3 Å². The van der Waals surface area contributed by atoms with Gasteiger partial charge in [-0.2, -0.15) is 0 Å². The van der Waals surface area contributed by atoms with Gasteiger partial charge >= 0.3 is 0 Å². The average Bonchev–Trinajstić information content (AvgIpc) is 2.33. The summed E-state index contributed by atoms with van der Waals surface area (Å²) in [6.07, 6.45) is 2.66. The molecular weight excluding hydrogens is 337 g/mol. The van der Waals surface area contributed by atoms with Gasteiger partial charge in [-0.1, -0.05) is 6.08 Å². The molecule has 1 heterocycles. The zero-order valence-corrected chi connectivity index (χ0v) is 11.6. The second-order valence-corrected chi connectivity index (χ2v) is 5.66. The predicted molar refractivity (Wildman–Crippen MR) is 68.7 cm³/mol. The smallest absolute Gasteiger partial charge is 0.0843 e. The zero-order valence-electron chi connectivity index (χ0n) is 6.80. The van der Waals surface area contributed by atoms with Crippen LogP contribution in [0, 0.1) is 0 Å². The third kappa shape index (κ3) is 3.72. The Morgan fingerprint density at radius 3 is 2.62 bits per heavy atom. The Morgan fingerprint density at radius 2 is 2.23 bits per heavy atom. The molecule has 5 heteroatoms. The van der Waals surface area contributed by atoms with Gasteiger partial charge in [-0.3, -0.25) is 0 Å². The second-order valence-electron chi connectivity index (χ2n) is 2.40. The molecule has 0 aliphatic rings. The predicted octanol–water partition coefficient (Wildman–Crippen LogP) is 4.27. The zero-order chi connectivity index (χ0) is 9.14. The van der Waals surface area contributed by atoms with Crippen LogP contribution in [0.5, 0.6) is 0 Å². The summed E-state index contributed by atoms with van der Waals surface area (Å²) >= 11 is 8.50. The normalized spacial score (nSPS) is 11.9. The summed E-state index contributed by atoms with van der Waals surface area (Å²) in [6, 6.07) is 2.12. The lowest BCUT2D eigenvalue weighted by Crippen LogP contribution is -2.06. The van der Waals surface area contributed by atoms with Crippen molar-refractivity contribution in [3.8, 4) is 0 Å². The van der Waals surface area contributed by atoms with Crippen molar-refractivity contribution in [2.75, 3.05) is 0 Å². The summed E-state index contributed by atoms with van der Waals surface area (Å²) in [7, 11) is 0. The molecule has 2 N–H and O–H groups in total. The highest BCUT2D eigenvalue weighted by Crippen LogP contribution is 2.35. The van der Waals surface area contributed by atoms with E-state index < -0.39 is 0 Å². The monoisotopic (exact) mass is 345 g/mol. The molecule has 13 heavy (non-hydrogen) atoms. The largest absolute Gasteiger partial charge is 0.323 e. The molecule has 0 amide bonds. The molecule has 1 aromatic heterocycles. The molecule has 0 spiro atoms. The number of hydrogen-bond donors (Lipinski definition) is 1. The van der Waals surface area contributed by atoms with Crippen LogP contribution in [-0.2, 0) is 0 Å². The van der Waals surface area contributed by atoms with Gasteiger partial charge in [0.1, 0.15) is 0 Å². The molecule has 0 saturated heterocycles. The fraction of sp³-hybridized carbons (Fsp3) is 0.250. The van der Waals surface area contributed by atoms with E-state index in [9.17, 15) is 0 Å². The molecular formula is C8H10Br2ClNS. The van der Waals surface area contributed by atoms with E-state index in [-0.39, 0.29) is 18.4 Å². The van der Waals surface area contributed by atoms with Crippen LogP contribution in [0.1, 0.15) is 17.3 Å². The van der Waals surface area contributed by atoms with E-state index in [1.807, 2.05) is 12.1 Å². The average molecular weight is 348 g/mol. The van der Waals surface area contributed by atoms with E-state index in [4.69, 9.17) is 5.73 Å². The van der Waals surface area contributed by atoms with Crippen LogP contribution >= 0.6 is 55.6 Å². The Labute approximate surface area is 105 Å². The standard InChI is InChI=1S/C8H9Br2NS.ClH/c1-2-3-6(11)7-4-5(9)8(10)12-7;/h2,4,6H,1,3,11H2;1H/t6-;/m1./s1. The molecule has 0 aromatic carbocycles. The first kappa shape index (κ1) is 13.7. The highest BCUT2D eigenvalue weighted by atomic mass is 79.9. The molecule has 1 nitrogen and oxygen atoms in total. The first-order valence-electron chi connectivity index (χ1n) is 3.46. The minimum atomic E-state index is 0. The van der Waals surface area contributed by atoms with E-state index >= 15 is 0 Å². The lowest BCUT2D eigenvalue weighted by atomic mass is 10.2. The minimum absolute atomic E-state index is 0. The molecule has 1 atom stereocenters. The Kier molecular flexibility index (Phi) is 6.50. The van der Waals surface area contributed by atoms with Gasteiger partial charge in [-0.05, 0) is 44.3 Å². The van der Waals surface area contributed by atoms with E-state index in [1.165, 1.54) is 4.88 Å². The van der Waals surface area contributed by atoms with Gasteiger partial charge in [-0.25, -0.2) is 0 Å². The van der Waals surface area contributed by atoms with E-state index in [0.717, 1.165) is 14.7 Å². The van der Waals surface area contributed by atoms with Gasteiger partial charge in [0.2, 0.25) is 0 Å². The van der Waals surface area contributed by atoms with Gasteiger partial charge in [0, 0.05) is 15.4 Å². The Hall–Kier alpha value is 0.650. The van der Waals surface area contributed by atoms with Crippen molar-refractivity contribution in [2.45, 2.75) is 12.5 Å². The maximum Gasteiger partial charge on any atom is 0.0843 e. The minimum Gasteiger partial charge on any atom is -0.323 e. The number of hydrogen-bond acceptors (Lipinski definition) is 2. The van der Waals surface area contributed by atoms with Gasteiger partial charge in [0.15, 0.2) is 0 Å². The SMILES string of the molecule is C=CC[C@@H](N)c1cc(Br)c(Br)s1.Cl. The number of rotatable bonds is 3. The molecule has 0 radical (unpaired) electrons. The van der Waals surface area contributed by atoms with Crippen molar-refractivity contribution < 1.29 is 0 Å². The van der Waals surface area contributed by atoms with Crippen LogP contribution in [0.25, 0.3) is 0 Å². The van der Waals surface area contributed by atoms with E-state index in [0.29, 0.717) is 0 Å². The summed E-state index contributed by atoms with van der Waals surface area (Å²) in [5, 5.41) is 0. The Balaban J connectivity index is 0.00000144. The van der Waals surface area contributed by atoms with Crippen molar-refractivity contribution in [1.29, 1.82) is 0 Å². The number of halogens is 3. The summed E-state index contributed by atoms with van der Waals surface area (Å²) in [5.74, 6) is 0. The quantitative estimate of drug-likeness (QED) is 0.812. The maximum atomic E-state index is 5.89. The van der Waals surface area contributed by atoms with Crippen LogP contribution < -0.4 is 5.73 Å². The molecule has 1 aromatic rings. The molecule has 0 saturated carbocycles.